The second kappa shape index (κ2) is 14.1. The largest absolute Gasteiger partial charge is 0.497 e. The molecule has 0 spiro atoms. The maximum absolute atomic E-state index is 15.4. The number of methoxy groups -OCH3 is 2. The molecule has 4 heterocycles. The Balaban J connectivity index is 1.73. The van der Waals surface area contributed by atoms with E-state index in [9.17, 15) is 24.3 Å². The van der Waals surface area contributed by atoms with Gasteiger partial charge in [0.15, 0.2) is 4.90 Å². The van der Waals surface area contributed by atoms with Crippen LogP contribution in [0.5, 0.6) is 17.4 Å². The number of halogens is 1. The summed E-state index contributed by atoms with van der Waals surface area (Å²) in [5, 5.41) is 27.6. The summed E-state index contributed by atoms with van der Waals surface area (Å²) >= 11 is 0. The number of piperidine rings is 1. The lowest BCUT2D eigenvalue weighted by Crippen LogP contribution is -2.78. The zero-order valence-electron chi connectivity index (χ0n) is 28.6. The van der Waals surface area contributed by atoms with Crippen molar-refractivity contribution in [2.75, 3.05) is 52.8 Å². The number of aromatic nitrogens is 1. The van der Waals surface area contributed by atoms with Crippen LogP contribution < -0.4 is 24.6 Å². The van der Waals surface area contributed by atoms with Crippen molar-refractivity contribution in [2.24, 2.45) is 0 Å². The van der Waals surface area contributed by atoms with Gasteiger partial charge >= 0.3 is 10.0 Å². The highest BCUT2D eigenvalue weighted by Crippen LogP contribution is 2.54. The van der Waals surface area contributed by atoms with E-state index in [0.29, 0.717) is 25.9 Å². The van der Waals surface area contributed by atoms with Gasteiger partial charge in [-0.15, -0.1) is 0 Å². The molecular weight excluding hydrogens is 683 g/mol. The molecule has 5 atom stereocenters. The van der Waals surface area contributed by atoms with Crippen molar-refractivity contribution < 1.29 is 45.6 Å². The lowest BCUT2D eigenvalue weighted by Gasteiger charge is -2.57. The van der Waals surface area contributed by atoms with Crippen LogP contribution in [-0.4, -0.2) is 105 Å². The summed E-state index contributed by atoms with van der Waals surface area (Å²) in [6, 6.07) is 8.18. The van der Waals surface area contributed by atoms with E-state index in [-0.39, 0.29) is 46.8 Å². The van der Waals surface area contributed by atoms with E-state index in [1.54, 1.807) is 19.1 Å². The molecule has 2 fully saturated rings. The van der Waals surface area contributed by atoms with Crippen LogP contribution in [0.25, 0.3) is 0 Å². The number of sulfonamides is 1. The molecule has 2 amide bonds. The minimum atomic E-state index is -5.19. The normalized spacial score (nSPS) is 25.8. The van der Waals surface area contributed by atoms with Crippen LogP contribution >= 0.6 is 0 Å². The number of piperazine rings is 1. The Bertz CT molecular complexity index is 1980. The lowest BCUT2D eigenvalue weighted by atomic mass is 9.79. The van der Waals surface area contributed by atoms with Gasteiger partial charge in [0.05, 0.1) is 32.9 Å². The first kappa shape index (κ1) is 36.0. The first-order chi connectivity index (χ1) is 24.4. The molecule has 2 saturated heterocycles. The molecule has 2 aromatic carbocycles. The molecular formula is C35H39FN6O8S. The number of benzene rings is 2. The van der Waals surface area contributed by atoms with Gasteiger partial charge in [0.1, 0.15) is 41.9 Å². The standard InChI is InChI=1S/C35H39FN6O8S/c1-5-50-34-26(7-6-14-38-34)31-32(30-25-10-8-21(36)17-27(25)39-33(30)43)42(35(44)45,20-23(19-37)41(31)22-12-15-40(2)16-13-22)51(46,47)29-11-9-24(48-3)18-28(29)49-4/h6-11,14,17-18,22-23,30-32H,5,12-13,15-16,20H2,1-4H3,(H-,39,43,44,45). The average Bonchev–Trinajstić information content (AvgIpc) is 3.44. The second-order valence-corrected chi connectivity index (χ2v) is 14.9. The van der Waals surface area contributed by atoms with Gasteiger partial charge in [-0.1, -0.05) is 12.1 Å². The summed E-state index contributed by atoms with van der Waals surface area (Å²) in [4.78, 5) is 36.2. The van der Waals surface area contributed by atoms with Crippen molar-refractivity contribution >= 4 is 27.7 Å². The Morgan fingerprint density at radius 1 is 1.14 bits per heavy atom. The molecule has 3 aliphatic rings. The first-order valence-corrected chi connectivity index (χ1v) is 18.0. The third-order valence-electron chi connectivity index (χ3n) is 10.2. The van der Waals surface area contributed by atoms with E-state index in [0.717, 1.165) is 12.1 Å². The topological polar surface area (TPSA) is 174 Å². The van der Waals surface area contributed by atoms with Crippen molar-refractivity contribution in [3.8, 4) is 23.4 Å². The van der Waals surface area contributed by atoms with E-state index in [2.05, 4.69) is 21.3 Å². The van der Waals surface area contributed by atoms with E-state index in [1.165, 1.54) is 44.7 Å². The van der Waals surface area contributed by atoms with E-state index in [4.69, 9.17) is 14.2 Å². The SMILES string of the molecule is CCOc1ncccc1C1C(C2C(=O)Nc3cc(F)ccc32)[N+](C(=O)[O-])(S(=O)(=O)c2ccc(OC)cc2OC)CC(C#N)N1C1CCN(C)CC1. The van der Waals surface area contributed by atoms with Gasteiger partial charge in [-0.25, -0.2) is 9.37 Å². The average molecular weight is 723 g/mol. The van der Waals surface area contributed by atoms with E-state index >= 15 is 8.42 Å². The number of hydrogen-bond acceptors (Lipinski definition) is 12. The molecule has 0 aliphatic carbocycles. The predicted octanol–water partition coefficient (Wildman–Crippen LogP) is 2.63. The number of nitrogens with zero attached hydrogens (tertiary/aromatic N) is 5. The Hall–Kier alpha value is -4.82. The fraction of sp³-hybridized carbons (Fsp3) is 0.429. The number of amides is 2. The molecule has 6 rings (SSSR count). The summed E-state index contributed by atoms with van der Waals surface area (Å²) in [6.07, 6.45) is 0.543. The van der Waals surface area contributed by atoms with E-state index in [1.807, 2.05) is 11.9 Å². The van der Waals surface area contributed by atoms with Gasteiger partial charge in [-0.05, 0) is 75.8 Å². The van der Waals surface area contributed by atoms with Crippen molar-refractivity contribution in [3.63, 3.8) is 0 Å². The maximum Gasteiger partial charge on any atom is 0.337 e. The zero-order chi connectivity index (χ0) is 36.7. The van der Waals surface area contributed by atoms with Crippen LogP contribution in [0.2, 0.25) is 0 Å². The number of hydrogen-bond donors (Lipinski definition) is 1. The number of carbonyl (C=O) groups excluding carboxylic acids is 2. The Morgan fingerprint density at radius 2 is 1.88 bits per heavy atom. The molecule has 16 heteroatoms. The monoisotopic (exact) mass is 722 g/mol. The summed E-state index contributed by atoms with van der Waals surface area (Å²) in [6.45, 7) is 2.38. The summed E-state index contributed by atoms with van der Waals surface area (Å²) in [7, 11) is -0.618. The zero-order valence-corrected chi connectivity index (χ0v) is 29.4. The Morgan fingerprint density at radius 3 is 2.53 bits per heavy atom. The predicted molar refractivity (Wildman–Crippen MR) is 179 cm³/mol. The van der Waals surface area contributed by atoms with Crippen LogP contribution in [0, 0.1) is 17.1 Å². The number of anilines is 1. The second-order valence-electron chi connectivity index (χ2n) is 12.8. The maximum atomic E-state index is 15.4. The molecule has 3 aromatic rings. The fourth-order valence-corrected chi connectivity index (χ4v) is 10.0. The molecule has 3 aliphatic heterocycles. The number of carbonyl (C=O) groups is 2. The molecule has 1 N–H and O–H groups in total. The number of quaternary nitrogens is 1. The number of nitrogens with one attached hydrogen (secondary N) is 1. The molecule has 14 nitrogen and oxygen atoms in total. The van der Waals surface area contributed by atoms with Gasteiger partial charge in [0.25, 0.3) is 6.09 Å². The molecule has 51 heavy (non-hydrogen) atoms. The highest BCUT2D eigenvalue weighted by molar-refractivity contribution is 7.86. The number of pyridine rings is 1. The number of fused-ring (bicyclic) bond motifs is 1. The minimum absolute atomic E-state index is 0.0732. The quantitative estimate of drug-likeness (QED) is 0.321. The number of likely N-dealkylation sites (tertiary alicyclic amines) is 1. The van der Waals surface area contributed by atoms with Crippen LogP contribution in [0.3, 0.4) is 0 Å². The van der Waals surface area contributed by atoms with Crippen molar-refractivity contribution in [1.82, 2.24) is 14.8 Å². The fourth-order valence-electron chi connectivity index (χ4n) is 7.92. The van der Waals surface area contributed by atoms with Gasteiger partial charge in [0.2, 0.25) is 11.8 Å². The highest BCUT2D eigenvalue weighted by atomic mass is 32.2. The number of nitriles is 1. The summed E-state index contributed by atoms with van der Waals surface area (Å²) in [5.74, 6) is -2.79. The van der Waals surface area contributed by atoms with E-state index < -0.39 is 67.2 Å². The molecule has 5 unspecified atom stereocenters. The minimum Gasteiger partial charge on any atom is -0.497 e. The Labute approximate surface area is 295 Å². The lowest BCUT2D eigenvalue weighted by molar-refractivity contribution is -0.800. The van der Waals surface area contributed by atoms with Crippen molar-refractivity contribution in [3.05, 3.63) is 71.7 Å². The third kappa shape index (κ3) is 5.93. The molecule has 0 radical (unpaired) electrons. The van der Waals surface area contributed by atoms with Crippen molar-refractivity contribution in [2.45, 2.75) is 54.7 Å². The number of ether oxygens (including phenoxy) is 3. The van der Waals surface area contributed by atoms with Crippen LogP contribution in [0.4, 0.5) is 14.9 Å². The van der Waals surface area contributed by atoms with Gasteiger partial charge < -0.3 is 34.3 Å². The number of carboxylic acid groups (broad SMARTS) is 1. The summed E-state index contributed by atoms with van der Waals surface area (Å²) in [5.41, 5.74) is 0.550. The molecule has 1 aromatic heterocycles. The Kier molecular flexibility index (Phi) is 9.93. The smallest absolute Gasteiger partial charge is 0.337 e. The number of rotatable bonds is 9. The van der Waals surface area contributed by atoms with Gasteiger partial charge in [-0.2, -0.15) is 17.6 Å². The van der Waals surface area contributed by atoms with Gasteiger partial charge in [-0.3, -0.25) is 9.69 Å². The van der Waals surface area contributed by atoms with Crippen LogP contribution in [0.1, 0.15) is 42.9 Å². The highest BCUT2D eigenvalue weighted by Gasteiger charge is 2.67. The molecule has 0 saturated carbocycles. The molecule has 0 bridgehead atoms. The third-order valence-corrected chi connectivity index (χ3v) is 12.5. The van der Waals surface area contributed by atoms with Crippen molar-refractivity contribution in [1.29, 1.82) is 5.26 Å². The molecule has 270 valence electrons. The first-order valence-electron chi connectivity index (χ1n) is 16.5. The van der Waals surface area contributed by atoms with Gasteiger partial charge in [0, 0.05) is 29.6 Å². The van der Waals surface area contributed by atoms with Crippen LogP contribution in [-0.2, 0) is 14.8 Å². The van der Waals surface area contributed by atoms with Crippen LogP contribution in [0.15, 0.2) is 59.6 Å². The summed E-state index contributed by atoms with van der Waals surface area (Å²) < 4.78 is 60.2.